The molecule has 2 rings (SSSR count). The Balaban J connectivity index is 2.00. The molecule has 1 unspecified atom stereocenters. The van der Waals surface area contributed by atoms with Crippen molar-refractivity contribution in [1.29, 1.82) is 0 Å². The molecule has 8 heteroatoms. The fourth-order valence-electron chi connectivity index (χ4n) is 2.54. The van der Waals surface area contributed by atoms with Crippen LogP contribution >= 0.6 is 0 Å². The normalized spacial score (nSPS) is 32.0. The third-order valence-electron chi connectivity index (χ3n) is 3.56. The second kappa shape index (κ2) is 5.74. The number of nitrogens with one attached hydrogen (secondary N) is 1. The standard InChI is InChI=1S/C11H21N3O4S/c1-2-18-11(15)10-4-3-5-14(10)19(16,17)13-9-6-8(12)7-9/h8-10,13H,2-7,12H2,1H3. The predicted octanol–water partition coefficient (Wildman–Crippen LogP) is -0.662. The Morgan fingerprint density at radius 3 is 2.74 bits per heavy atom. The first-order valence-corrected chi connectivity index (χ1v) is 8.09. The summed E-state index contributed by atoms with van der Waals surface area (Å²) >= 11 is 0. The first kappa shape index (κ1) is 14.7. The van der Waals surface area contributed by atoms with E-state index in [9.17, 15) is 13.2 Å². The highest BCUT2D eigenvalue weighted by Gasteiger charge is 2.41. The summed E-state index contributed by atoms with van der Waals surface area (Å²) < 4.78 is 33.2. The summed E-state index contributed by atoms with van der Waals surface area (Å²) in [7, 11) is -3.63. The Bertz CT molecular complexity index is 433. The van der Waals surface area contributed by atoms with Gasteiger partial charge in [-0.1, -0.05) is 0 Å². The second-order valence-corrected chi connectivity index (χ2v) is 6.73. The zero-order valence-electron chi connectivity index (χ0n) is 11.0. The van der Waals surface area contributed by atoms with Crippen LogP contribution in [0.5, 0.6) is 0 Å². The van der Waals surface area contributed by atoms with Crippen molar-refractivity contribution in [3.05, 3.63) is 0 Å². The number of hydrogen-bond acceptors (Lipinski definition) is 5. The highest BCUT2D eigenvalue weighted by Crippen LogP contribution is 2.24. The van der Waals surface area contributed by atoms with E-state index in [4.69, 9.17) is 10.5 Å². The van der Waals surface area contributed by atoms with Crippen LogP contribution in [0, 0.1) is 0 Å². The predicted molar refractivity (Wildman–Crippen MR) is 69.4 cm³/mol. The van der Waals surface area contributed by atoms with Crippen LogP contribution in [0.1, 0.15) is 32.6 Å². The molecule has 0 radical (unpaired) electrons. The lowest BCUT2D eigenvalue weighted by atomic mass is 9.89. The third-order valence-corrected chi connectivity index (χ3v) is 5.25. The van der Waals surface area contributed by atoms with Gasteiger partial charge in [0.1, 0.15) is 6.04 Å². The van der Waals surface area contributed by atoms with Gasteiger partial charge in [-0.25, -0.2) is 0 Å². The number of ether oxygens (including phenoxy) is 1. The van der Waals surface area contributed by atoms with Crippen molar-refractivity contribution in [1.82, 2.24) is 9.03 Å². The summed E-state index contributed by atoms with van der Waals surface area (Å²) in [4.78, 5) is 11.7. The number of hydrogen-bond donors (Lipinski definition) is 2. The van der Waals surface area contributed by atoms with Crippen LogP contribution in [0.3, 0.4) is 0 Å². The number of carbonyl (C=O) groups excluding carboxylic acids is 1. The number of rotatable bonds is 5. The van der Waals surface area contributed by atoms with Crippen molar-refractivity contribution >= 4 is 16.2 Å². The molecule has 0 aromatic rings. The van der Waals surface area contributed by atoms with Gasteiger partial charge in [0.15, 0.2) is 0 Å². The minimum Gasteiger partial charge on any atom is -0.465 e. The number of esters is 1. The Morgan fingerprint density at radius 2 is 2.16 bits per heavy atom. The SMILES string of the molecule is CCOC(=O)C1CCCN1S(=O)(=O)NC1CC(N)C1. The summed E-state index contributed by atoms with van der Waals surface area (Å²) in [6, 6.07) is -0.721. The van der Waals surface area contributed by atoms with Crippen molar-refractivity contribution in [2.75, 3.05) is 13.2 Å². The van der Waals surface area contributed by atoms with E-state index in [0.29, 0.717) is 32.2 Å². The zero-order valence-corrected chi connectivity index (χ0v) is 11.9. The molecular formula is C11H21N3O4S. The summed E-state index contributed by atoms with van der Waals surface area (Å²) in [6.07, 6.45) is 2.49. The first-order valence-electron chi connectivity index (χ1n) is 6.65. The molecule has 110 valence electrons. The van der Waals surface area contributed by atoms with Gasteiger partial charge in [0.25, 0.3) is 10.2 Å². The lowest BCUT2D eigenvalue weighted by Gasteiger charge is -2.34. The summed E-state index contributed by atoms with van der Waals surface area (Å²) in [5.41, 5.74) is 5.63. The molecule has 0 spiro atoms. The average molecular weight is 291 g/mol. The van der Waals surface area contributed by atoms with Crippen LogP contribution in [-0.2, 0) is 19.7 Å². The van der Waals surface area contributed by atoms with E-state index in [-0.39, 0.29) is 18.7 Å². The molecule has 0 bridgehead atoms. The molecule has 19 heavy (non-hydrogen) atoms. The summed E-state index contributed by atoms with van der Waals surface area (Å²) in [5, 5.41) is 0. The van der Waals surface area contributed by atoms with Gasteiger partial charge < -0.3 is 10.5 Å². The van der Waals surface area contributed by atoms with E-state index in [1.165, 1.54) is 4.31 Å². The largest absolute Gasteiger partial charge is 0.465 e. The van der Waals surface area contributed by atoms with Gasteiger partial charge >= 0.3 is 5.97 Å². The Kier molecular flexibility index (Phi) is 4.44. The van der Waals surface area contributed by atoms with Crippen LogP contribution in [0.15, 0.2) is 0 Å². The monoisotopic (exact) mass is 291 g/mol. The number of carbonyl (C=O) groups is 1. The third kappa shape index (κ3) is 3.25. The van der Waals surface area contributed by atoms with E-state index < -0.39 is 22.2 Å². The molecule has 0 aromatic heterocycles. The fourth-order valence-corrected chi connectivity index (χ4v) is 4.18. The quantitative estimate of drug-likeness (QED) is 0.655. The topological polar surface area (TPSA) is 102 Å². The lowest BCUT2D eigenvalue weighted by molar-refractivity contribution is -0.146. The maximum absolute atomic E-state index is 12.2. The van der Waals surface area contributed by atoms with E-state index in [2.05, 4.69) is 4.72 Å². The molecule has 1 atom stereocenters. The van der Waals surface area contributed by atoms with Gasteiger partial charge in [-0.3, -0.25) is 4.79 Å². The molecule has 1 aliphatic heterocycles. The zero-order chi connectivity index (χ0) is 14.0. The molecule has 1 heterocycles. The van der Waals surface area contributed by atoms with Crippen molar-refractivity contribution in [3.63, 3.8) is 0 Å². The van der Waals surface area contributed by atoms with E-state index >= 15 is 0 Å². The molecule has 1 saturated heterocycles. The maximum Gasteiger partial charge on any atom is 0.324 e. The van der Waals surface area contributed by atoms with Crippen LogP contribution in [-0.4, -0.2) is 50.0 Å². The highest BCUT2D eigenvalue weighted by atomic mass is 32.2. The molecule has 7 nitrogen and oxygen atoms in total. The van der Waals surface area contributed by atoms with Crippen molar-refractivity contribution in [2.24, 2.45) is 5.73 Å². The Hall–Kier alpha value is -0.700. The number of nitrogens with two attached hydrogens (primary N) is 1. The summed E-state index contributed by atoms with van der Waals surface area (Å²) in [5.74, 6) is -0.462. The maximum atomic E-state index is 12.2. The summed E-state index contributed by atoms with van der Waals surface area (Å²) in [6.45, 7) is 2.32. The van der Waals surface area contributed by atoms with E-state index in [1.54, 1.807) is 6.92 Å². The molecule has 1 aliphatic carbocycles. The molecule has 0 aromatic carbocycles. The molecule has 0 amide bonds. The number of nitrogens with zero attached hydrogens (tertiary/aromatic N) is 1. The minimum atomic E-state index is -3.63. The Labute approximate surface area is 113 Å². The van der Waals surface area contributed by atoms with Gasteiger partial charge in [-0.2, -0.15) is 17.4 Å². The molecule has 1 saturated carbocycles. The molecular weight excluding hydrogens is 270 g/mol. The van der Waals surface area contributed by atoms with E-state index in [0.717, 1.165) is 0 Å². The molecule has 3 N–H and O–H groups in total. The minimum absolute atomic E-state index is 0.0760. The van der Waals surface area contributed by atoms with Crippen LogP contribution < -0.4 is 10.5 Å². The van der Waals surface area contributed by atoms with Gasteiger partial charge in [0, 0.05) is 18.6 Å². The van der Waals surface area contributed by atoms with Crippen molar-refractivity contribution in [3.8, 4) is 0 Å². The van der Waals surface area contributed by atoms with Crippen molar-refractivity contribution in [2.45, 2.75) is 50.7 Å². The van der Waals surface area contributed by atoms with Gasteiger partial charge in [-0.05, 0) is 32.6 Å². The smallest absolute Gasteiger partial charge is 0.324 e. The molecule has 2 aliphatic rings. The van der Waals surface area contributed by atoms with E-state index in [1.807, 2.05) is 0 Å². The van der Waals surface area contributed by atoms with Gasteiger partial charge in [0.2, 0.25) is 0 Å². The Morgan fingerprint density at radius 1 is 1.47 bits per heavy atom. The fraction of sp³-hybridized carbons (Fsp3) is 0.909. The van der Waals surface area contributed by atoms with Gasteiger partial charge in [0.05, 0.1) is 6.61 Å². The first-order chi connectivity index (χ1) is 8.94. The van der Waals surface area contributed by atoms with Gasteiger partial charge in [-0.15, -0.1) is 0 Å². The van der Waals surface area contributed by atoms with Crippen LogP contribution in [0.4, 0.5) is 0 Å². The molecule has 2 fully saturated rings. The average Bonchev–Trinajstić information content (AvgIpc) is 2.76. The lowest BCUT2D eigenvalue weighted by Crippen LogP contribution is -2.55. The van der Waals surface area contributed by atoms with Crippen LogP contribution in [0.2, 0.25) is 0 Å². The highest BCUT2D eigenvalue weighted by molar-refractivity contribution is 7.87. The van der Waals surface area contributed by atoms with Crippen LogP contribution in [0.25, 0.3) is 0 Å². The van der Waals surface area contributed by atoms with Crippen molar-refractivity contribution < 1.29 is 17.9 Å². The second-order valence-electron chi connectivity index (χ2n) is 5.07.